The minimum Gasteiger partial charge on any atom is -0.381 e. The molecule has 0 aliphatic heterocycles. The molecule has 1 saturated carbocycles. The van der Waals surface area contributed by atoms with Gasteiger partial charge in [-0.05, 0) is 64.7 Å². The summed E-state index contributed by atoms with van der Waals surface area (Å²) in [4.78, 5) is 17.0. The summed E-state index contributed by atoms with van der Waals surface area (Å²) in [5.41, 5.74) is 2.36. The highest BCUT2D eigenvalue weighted by Crippen LogP contribution is 2.38. The van der Waals surface area contributed by atoms with Gasteiger partial charge in [-0.15, -0.1) is 0 Å². The Hall–Kier alpha value is -3.75. The van der Waals surface area contributed by atoms with Crippen molar-refractivity contribution in [3.63, 3.8) is 0 Å². The molecular formula is C27H28FN7O2S. The van der Waals surface area contributed by atoms with E-state index in [4.69, 9.17) is 5.10 Å². The van der Waals surface area contributed by atoms with Gasteiger partial charge in [-0.2, -0.15) is 15.5 Å². The van der Waals surface area contributed by atoms with Crippen LogP contribution in [-0.2, 0) is 4.79 Å². The van der Waals surface area contributed by atoms with Gasteiger partial charge in [0.1, 0.15) is 16.7 Å². The van der Waals surface area contributed by atoms with Crippen LogP contribution in [0.2, 0.25) is 0 Å². The van der Waals surface area contributed by atoms with Gasteiger partial charge in [-0.1, -0.05) is 11.8 Å². The van der Waals surface area contributed by atoms with Gasteiger partial charge in [-0.25, -0.2) is 13.9 Å². The molecule has 196 valence electrons. The van der Waals surface area contributed by atoms with E-state index in [9.17, 15) is 19.6 Å². The number of pyridine rings is 2. The van der Waals surface area contributed by atoms with Crippen molar-refractivity contribution >= 4 is 23.2 Å². The predicted octanol–water partition coefficient (Wildman–Crippen LogP) is 4.43. The molecule has 4 aromatic heterocycles. The van der Waals surface area contributed by atoms with Crippen molar-refractivity contribution in [1.29, 1.82) is 5.26 Å². The zero-order chi connectivity index (χ0) is 27.0. The quantitative estimate of drug-likeness (QED) is 0.376. The zero-order valence-electron chi connectivity index (χ0n) is 21.3. The van der Waals surface area contributed by atoms with Crippen LogP contribution < -0.4 is 5.32 Å². The molecule has 0 spiro atoms. The SMILES string of the molecule is Cc1c(-c2cc(Sc3ncccc3F)c3c(C#N)cnn3c2)cnn1[C@H]1CC[C@@H](NC(=O)C(C)(C)O)CC1. The molecular weight excluding hydrogens is 505 g/mol. The van der Waals surface area contributed by atoms with E-state index < -0.39 is 11.4 Å². The Morgan fingerprint density at radius 2 is 2.03 bits per heavy atom. The summed E-state index contributed by atoms with van der Waals surface area (Å²) in [6.45, 7) is 4.99. The number of aliphatic hydroxyl groups is 1. The zero-order valence-corrected chi connectivity index (χ0v) is 22.2. The predicted molar refractivity (Wildman–Crippen MR) is 140 cm³/mol. The minimum atomic E-state index is -1.40. The number of nitrogens with one attached hydrogen (secondary N) is 1. The van der Waals surface area contributed by atoms with Gasteiger partial charge < -0.3 is 10.4 Å². The fourth-order valence-electron chi connectivity index (χ4n) is 4.84. The number of aromatic nitrogens is 5. The Kier molecular flexibility index (Phi) is 6.94. The number of carbonyl (C=O) groups is 1. The van der Waals surface area contributed by atoms with Crippen molar-refractivity contribution in [1.82, 2.24) is 29.7 Å². The average Bonchev–Trinajstić information content (AvgIpc) is 3.48. The molecule has 5 rings (SSSR count). The fraction of sp³-hybridized carbons (Fsp3) is 0.370. The van der Waals surface area contributed by atoms with Gasteiger partial charge in [0.25, 0.3) is 5.91 Å². The molecule has 0 saturated heterocycles. The molecule has 0 radical (unpaired) electrons. The maximum Gasteiger partial charge on any atom is 0.251 e. The van der Waals surface area contributed by atoms with Crippen LogP contribution in [0.15, 0.2) is 52.9 Å². The molecule has 1 amide bonds. The summed E-state index contributed by atoms with van der Waals surface area (Å²) in [6, 6.07) is 7.21. The second kappa shape index (κ2) is 10.2. The highest BCUT2D eigenvalue weighted by atomic mass is 32.2. The van der Waals surface area contributed by atoms with E-state index in [0.29, 0.717) is 16.0 Å². The van der Waals surface area contributed by atoms with Crippen molar-refractivity contribution in [2.45, 2.75) is 74.1 Å². The highest BCUT2D eigenvalue weighted by molar-refractivity contribution is 7.99. The van der Waals surface area contributed by atoms with Gasteiger partial charge in [0, 0.05) is 40.2 Å². The number of rotatable bonds is 6. The van der Waals surface area contributed by atoms with Crippen LogP contribution in [0.5, 0.6) is 0 Å². The number of nitriles is 1. The molecule has 9 nitrogen and oxygen atoms in total. The van der Waals surface area contributed by atoms with E-state index in [1.54, 1.807) is 4.52 Å². The van der Waals surface area contributed by atoms with E-state index in [2.05, 4.69) is 21.5 Å². The molecule has 38 heavy (non-hydrogen) atoms. The Bertz CT molecular complexity index is 1540. The first-order valence-electron chi connectivity index (χ1n) is 12.4. The number of halogens is 1. The molecule has 1 aliphatic rings. The molecule has 1 aliphatic carbocycles. The third kappa shape index (κ3) is 5.01. The fourth-order valence-corrected chi connectivity index (χ4v) is 5.82. The molecule has 0 aromatic carbocycles. The summed E-state index contributed by atoms with van der Waals surface area (Å²) < 4.78 is 18.1. The largest absolute Gasteiger partial charge is 0.381 e. The maximum absolute atomic E-state index is 14.4. The summed E-state index contributed by atoms with van der Waals surface area (Å²) >= 11 is 1.16. The molecule has 0 atom stereocenters. The van der Waals surface area contributed by atoms with E-state index >= 15 is 0 Å². The first-order valence-corrected chi connectivity index (χ1v) is 13.2. The molecule has 4 aromatic rings. The number of carbonyl (C=O) groups excluding carboxylic acids is 1. The lowest BCUT2D eigenvalue weighted by molar-refractivity contribution is -0.137. The van der Waals surface area contributed by atoms with Crippen LogP contribution >= 0.6 is 11.8 Å². The summed E-state index contributed by atoms with van der Waals surface area (Å²) in [6.07, 6.45) is 10.0. The first kappa shape index (κ1) is 25.9. The van der Waals surface area contributed by atoms with Gasteiger partial charge >= 0.3 is 0 Å². The van der Waals surface area contributed by atoms with Gasteiger partial charge in [0.15, 0.2) is 5.82 Å². The van der Waals surface area contributed by atoms with Crippen LogP contribution in [0.25, 0.3) is 16.6 Å². The molecule has 0 bridgehead atoms. The standard InChI is InChI=1S/C27H28FN7O2S/c1-16-21(14-32-35(16)20-8-6-19(7-9-20)33-26(36)27(2,3)37)17-11-23(38-25-22(28)5-4-10-30-25)24-18(12-29)13-31-34(24)15-17/h4-5,10-11,13-15,19-20,37H,6-9H2,1-3H3,(H,33,36)/t19-,20+. The molecule has 1 fully saturated rings. The topological polar surface area (TPSA) is 121 Å². The van der Waals surface area contributed by atoms with Crippen LogP contribution in [0, 0.1) is 24.1 Å². The number of nitrogens with zero attached hydrogens (tertiary/aromatic N) is 6. The smallest absolute Gasteiger partial charge is 0.251 e. The normalized spacial score (nSPS) is 17.9. The van der Waals surface area contributed by atoms with Crippen LogP contribution in [0.3, 0.4) is 0 Å². The lowest BCUT2D eigenvalue weighted by Gasteiger charge is -2.31. The maximum atomic E-state index is 14.4. The van der Waals surface area contributed by atoms with E-state index in [0.717, 1.165) is 54.3 Å². The Balaban J connectivity index is 1.42. The number of hydrogen-bond donors (Lipinski definition) is 2. The van der Waals surface area contributed by atoms with Gasteiger partial charge in [0.2, 0.25) is 0 Å². The van der Waals surface area contributed by atoms with E-state index in [-0.39, 0.29) is 23.0 Å². The molecule has 11 heteroatoms. The van der Waals surface area contributed by atoms with Gasteiger partial charge in [0.05, 0.1) is 29.5 Å². The number of amides is 1. The van der Waals surface area contributed by atoms with Crippen LogP contribution in [0.1, 0.15) is 56.8 Å². The Morgan fingerprint density at radius 1 is 1.26 bits per heavy atom. The summed E-state index contributed by atoms with van der Waals surface area (Å²) in [7, 11) is 0. The molecule has 0 unspecified atom stereocenters. The lowest BCUT2D eigenvalue weighted by Crippen LogP contribution is -2.47. The second-order valence-electron chi connectivity index (χ2n) is 10.1. The number of hydrogen-bond acceptors (Lipinski definition) is 7. The average molecular weight is 534 g/mol. The van der Waals surface area contributed by atoms with Crippen molar-refractivity contribution in [3.05, 3.63) is 60.1 Å². The van der Waals surface area contributed by atoms with Crippen LogP contribution in [0.4, 0.5) is 4.39 Å². The van der Waals surface area contributed by atoms with Crippen molar-refractivity contribution in [2.24, 2.45) is 0 Å². The van der Waals surface area contributed by atoms with E-state index in [1.807, 2.05) is 30.1 Å². The monoisotopic (exact) mass is 533 g/mol. The Morgan fingerprint density at radius 3 is 2.71 bits per heavy atom. The van der Waals surface area contributed by atoms with Crippen molar-refractivity contribution in [2.75, 3.05) is 0 Å². The van der Waals surface area contributed by atoms with Crippen molar-refractivity contribution in [3.8, 4) is 17.2 Å². The highest BCUT2D eigenvalue weighted by Gasteiger charge is 2.30. The minimum absolute atomic E-state index is 0.0311. The van der Waals surface area contributed by atoms with Crippen LogP contribution in [-0.4, -0.2) is 47.0 Å². The lowest BCUT2D eigenvalue weighted by atomic mass is 9.90. The first-order chi connectivity index (χ1) is 18.2. The second-order valence-corrected chi connectivity index (χ2v) is 11.1. The van der Waals surface area contributed by atoms with Gasteiger partial charge in [-0.3, -0.25) is 9.48 Å². The summed E-state index contributed by atoms with van der Waals surface area (Å²) in [5.74, 6) is -0.788. The van der Waals surface area contributed by atoms with Crippen molar-refractivity contribution < 1.29 is 14.3 Å². The summed E-state index contributed by atoms with van der Waals surface area (Å²) in [5, 5.41) is 31.7. The Labute approximate surface area is 223 Å². The third-order valence-electron chi connectivity index (χ3n) is 6.92. The van der Waals surface area contributed by atoms with E-state index in [1.165, 1.54) is 38.4 Å². The number of fused-ring (bicyclic) bond motifs is 1. The molecule has 4 heterocycles. The molecule has 2 N–H and O–H groups in total. The third-order valence-corrected chi connectivity index (χ3v) is 7.94.